The van der Waals surface area contributed by atoms with Gasteiger partial charge in [0.05, 0.1) is 11.8 Å². The van der Waals surface area contributed by atoms with Crippen molar-refractivity contribution >= 4 is 17.3 Å². The molecule has 1 aliphatic rings. The minimum atomic E-state index is -0.416. The highest BCUT2D eigenvalue weighted by atomic mass is 35.5. The van der Waals surface area contributed by atoms with E-state index in [1.807, 2.05) is 48.0 Å². The zero-order valence-corrected chi connectivity index (χ0v) is 16.5. The number of rotatable bonds is 4. The van der Waals surface area contributed by atoms with Gasteiger partial charge in [-0.1, -0.05) is 60.1 Å². The number of aromatic nitrogens is 2. The lowest BCUT2D eigenvalue weighted by Crippen LogP contribution is -2.47. The van der Waals surface area contributed by atoms with E-state index in [1.54, 1.807) is 0 Å². The van der Waals surface area contributed by atoms with Gasteiger partial charge in [0.25, 0.3) is 0 Å². The summed E-state index contributed by atoms with van der Waals surface area (Å²) in [6.07, 6.45) is 0. The van der Waals surface area contributed by atoms with Crippen LogP contribution in [0.25, 0.3) is 11.4 Å². The van der Waals surface area contributed by atoms with Crippen molar-refractivity contribution in [3.05, 3.63) is 71.5 Å². The number of hydrogen-bond donors (Lipinski definition) is 0. The molecule has 0 N–H and O–H groups in total. The molecule has 1 saturated heterocycles. The first-order chi connectivity index (χ1) is 13.7. The molecule has 28 heavy (non-hydrogen) atoms. The summed E-state index contributed by atoms with van der Waals surface area (Å²) in [5.41, 5.74) is 2.97. The average molecular weight is 392 g/mol. The van der Waals surface area contributed by atoms with Gasteiger partial charge in [0.15, 0.2) is 5.15 Å². The Kier molecular flexibility index (Phi) is 5.34. The molecule has 3 aromatic rings. The quantitative estimate of drug-likeness (QED) is 0.671. The Bertz CT molecular complexity index is 969. The fourth-order valence-electron chi connectivity index (χ4n) is 3.81. The van der Waals surface area contributed by atoms with Crippen LogP contribution in [0, 0.1) is 11.3 Å². The number of halogens is 1. The first kappa shape index (κ1) is 18.5. The summed E-state index contributed by atoms with van der Waals surface area (Å²) in [6.45, 7) is 3.36. The second kappa shape index (κ2) is 8.05. The summed E-state index contributed by atoms with van der Waals surface area (Å²) in [6, 6.07) is 22.4. The molecule has 0 spiro atoms. The minimum Gasteiger partial charge on any atom is -0.369 e. The molecular weight excluding hydrogens is 370 g/mol. The number of piperazine rings is 1. The summed E-state index contributed by atoms with van der Waals surface area (Å²) in [5, 5.41) is 10.3. The molecule has 1 aliphatic heterocycles. The van der Waals surface area contributed by atoms with Crippen molar-refractivity contribution in [1.82, 2.24) is 14.5 Å². The van der Waals surface area contributed by atoms with Gasteiger partial charge in [-0.2, -0.15) is 5.26 Å². The van der Waals surface area contributed by atoms with Crippen LogP contribution in [0.2, 0.25) is 5.15 Å². The highest BCUT2D eigenvalue weighted by Crippen LogP contribution is 2.32. The van der Waals surface area contributed by atoms with E-state index in [0.29, 0.717) is 5.15 Å². The second-order valence-corrected chi connectivity index (χ2v) is 7.28. The average Bonchev–Trinajstić information content (AvgIpc) is 3.05. The maximum Gasteiger partial charge on any atom is 0.153 e. The molecule has 2 heterocycles. The third kappa shape index (κ3) is 3.49. The van der Waals surface area contributed by atoms with E-state index in [-0.39, 0.29) is 0 Å². The molecule has 0 radical (unpaired) electrons. The van der Waals surface area contributed by atoms with E-state index in [2.05, 4.69) is 45.1 Å². The van der Waals surface area contributed by atoms with Gasteiger partial charge < -0.3 is 9.47 Å². The largest absolute Gasteiger partial charge is 0.369 e. The fourth-order valence-corrected chi connectivity index (χ4v) is 4.12. The van der Waals surface area contributed by atoms with Crippen LogP contribution in [0.4, 0.5) is 5.69 Å². The van der Waals surface area contributed by atoms with Crippen molar-refractivity contribution in [2.75, 3.05) is 31.1 Å². The zero-order chi connectivity index (χ0) is 19.5. The van der Waals surface area contributed by atoms with E-state index >= 15 is 0 Å². The standard InChI is InChI=1S/C22H22ClN5/c1-26-20(21(23)25-22(26)17-8-4-2-5-9-17)19(16-24)28-14-12-27(13-15-28)18-10-6-3-7-11-18/h2-11,19H,12-15H2,1H3. The van der Waals surface area contributed by atoms with Crippen LogP contribution in [0.5, 0.6) is 0 Å². The van der Waals surface area contributed by atoms with Gasteiger partial charge in [-0.3, -0.25) is 4.90 Å². The van der Waals surface area contributed by atoms with Crippen LogP contribution >= 0.6 is 11.6 Å². The third-order valence-electron chi connectivity index (χ3n) is 5.31. The Morgan fingerprint density at radius 3 is 2.18 bits per heavy atom. The Balaban J connectivity index is 1.56. The Labute approximate surface area is 170 Å². The van der Waals surface area contributed by atoms with E-state index in [0.717, 1.165) is 43.3 Å². The van der Waals surface area contributed by atoms with Crippen molar-refractivity contribution in [3.63, 3.8) is 0 Å². The predicted molar refractivity (Wildman–Crippen MR) is 112 cm³/mol. The molecule has 0 aliphatic carbocycles. The summed E-state index contributed by atoms with van der Waals surface area (Å²) in [5.74, 6) is 0.781. The summed E-state index contributed by atoms with van der Waals surface area (Å²) in [7, 11) is 1.93. The maximum absolute atomic E-state index is 9.94. The van der Waals surface area contributed by atoms with Crippen LogP contribution in [0.1, 0.15) is 11.7 Å². The zero-order valence-electron chi connectivity index (χ0n) is 15.8. The highest BCUT2D eigenvalue weighted by molar-refractivity contribution is 6.30. The van der Waals surface area contributed by atoms with Crippen molar-refractivity contribution in [2.24, 2.45) is 7.05 Å². The van der Waals surface area contributed by atoms with Gasteiger partial charge in [0, 0.05) is 44.5 Å². The second-order valence-electron chi connectivity index (χ2n) is 6.93. The van der Waals surface area contributed by atoms with Crippen LogP contribution in [-0.2, 0) is 7.05 Å². The van der Waals surface area contributed by atoms with Crippen LogP contribution < -0.4 is 4.90 Å². The normalized spacial score (nSPS) is 16.0. The Morgan fingerprint density at radius 2 is 1.57 bits per heavy atom. The lowest BCUT2D eigenvalue weighted by atomic mass is 10.1. The first-order valence-corrected chi connectivity index (χ1v) is 9.78. The lowest BCUT2D eigenvalue weighted by molar-refractivity contribution is 0.217. The SMILES string of the molecule is Cn1c(-c2ccccc2)nc(Cl)c1C(C#N)N1CCN(c2ccccc2)CC1. The number of nitriles is 1. The van der Waals surface area contributed by atoms with Gasteiger partial charge in [0.1, 0.15) is 11.9 Å². The van der Waals surface area contributed by atoms with E-state index in [1.165, 1.54) is 5.69 Å². The maximum atomic E-state index is 9.94. The van der Waals surface area contributed by atoms with Crippen LogP contribution in [-0.4, -0.2) is 40.6 Å². The molecule has 6 heteroatoms. The van der Waals surface area contributed by atoms with Crippen molar-refractivity contribution < 1.29 is 0 Å². The monoisotopic (exact) mass is 391 g/mol. The molecule has 4 rings (SSSR count). The van der Waals surface area contributed by atoms with Gasteiger partial charge in [0.2, 0.25) is 0 Å². The number of nitrogens with zero attached hydrogens (tertiary/aromatic N) is 5. The smallest absolute Gasteiger partial charge is 0.153 e. The summed E-state index contributed by atoms with van der Waals surface area (Å²) in [4.78, 5) is 9.09. The van der Waals surface area contributed by atoms with Gasteiger partial charge in [-0.15, -0.1) is 0 Å². The Hall–Kier alpha value is -2.81. The van der Waals surface area contributed by atoms with Crippen molar-refractivity contribution in [1.29, 1.82) is 5.26 Å². The molecule has 1 unspecified atom stereocenters. The number of imidazole rings is 1. The number of para-hydroxylation sites is 1. The molecule has 1 aromatic heterocycles. The van der Waals surface area contributed by atoms with E-state index in [4.69, 9.17) is 11.6 Å². The van der Waals surface area contributed by atoms with Crippen molar-refractivity contribution in [2.45, 2.75) is 6.04 Å². The molecule has 5 nitrogen and oxygen atoms in total. The molecular formula is C22H22ClN5. The Morgan fingerprint density at radius 1 is 0.964 bits per heavy atom. The lowest BCUT2D eigenvalue weighted by Gasteiger charge is -2.38. The van der Waals surface area contributed by atoms with Gasteiger partial charge in [-0.05, 0) is 12.1 Å². The number of anilines is 1. The van der Waals surface area contributed by atoms with E-state index < -0.39 is 6.04 Å². The topological polar surface area (TPSA) is 48.1 Å². The van der Waals surface area contributed by atoms with E-state index in [9.17, 15) is 5.26 Å². The van der Waals surface area contributed by atoms with Gasteiger partial charge >= 0.3 is 0 Å². The van der Waals surface area contributed by atoms with Gasteiger partial charge in [-0.25, -0.2) is 4.98 Å². The molecule has 0 amide bonds. The third-order valence-corrected chi connectivity index (χ3v) is 5.59. The molecule has 142 valence electrons. The highest BCUT2D eigenvalue weighted by Gasteiger charge is 2.30. The molecule has 2 aromatic carbocycles. The van der Waals surface area contributed by atoms with Crippen LogP contribution in [0.3, 0.4) is 0 Å². The molecule has 0 bridgehead atoms. The van der Waals surface area contributed by atoms with Crippen LogP contribution in [0.15, 0.2) is 60.7 Å². The summed E-state index contributed by atoms with van der Waals surface area (Å²) < 4.78 is 1.95. The molecule has 1 atom stereocenters. The fraction of sp³-hybridized carbons (Fsp3) is 0.273. The number of benzene rings is 2. The minimum absolute atomic E-state index is 0.401. The molecule has 0 saturated carbocycles. The number of hydrogen-bond acceptors (Lipinski definition) is 4. The first-order valence-electron chi connectivity index (χ1n) is 9.40. The van der Waals surface area contributed by atoms with Crippen molar-refractivity contribution in [3.8, 4) is 17.5 Å². The summed E-state index contributed by atoms with van der Waals surface area (Å²) >= 11 is 6.50. The molecule has 1 fully saturated rings. The predicted octanol–water partition coefficient (Wildman–Crippen LogP) is 4.13.